The molecule has 0 aliphatic carbocycles. The van der Waals surface area contributed by atoms with Crippen LogP contribution in [0.25, 0.3) is 0 Å². The van der Waals surface area contributed by atoms with Gasteiger partial charge in [-0.1, -0.05) is 13.8 Å². The Morgan fingerprint density at radius 2 is 2.30 bits per heavy atom. The normalized spacial score (nSPS) is 21.5. The maximum atomic E-state index is 12.6. The van der Waals surface area contributed by atoms with Crippen LogP contribution in [0.2, 0.25) is 0 Å². The lowest BCUT2D eigenvalue weighted by Crippen LogP contribution is -2.46. The van der Waals surface area contributed by atoms with Crippen LogP contribution in [-0.4, -0.2) is 44.6 Å². The van der Waals surface area contributed by atoms with E-state index < -0.39 is 10.0 Å². The number of nitrogens with one attached hydrogen (secondary N) is 1. The average Bonchev–Trinajstić information content (AvgIpc) is 2.86. The van der Waals surface area contributed by atoms with Crippen molar-refractivity contribution in [3.05, 3.63) is 17.0 Å². The number of morpholine rings is 1. The van der Waals surface area contributed by atoms with Crippen LogP contribution in [0.15, 0.2) is 15.7 Å². The largest absolute Gasteiger partial charge is 0.378 e. The highest BCUT2D eigenvalue weighted by atomic mass is 32.2. The summed E-state index contributed by atoms with van der Waals surface area (Å²) in [5.41, 5.74) is 1.02. The number of sulfonamides is 1. The minimum absolute atomic E-state index is 0.104. The molecular formula is C13H22N2O3S2. The van der Waals surface area contributed by atoms with E-state index in [9.17, 15) is 8.42 Å². The molecule has 2 rings (SSSR count). The van der Waals surface area contributed by atoms with E-state index in [0.717, 1.165) is 5.56 Å². The minimum Gasteiger partial charge on any atom is -0.378 e. The molecule has 0 saturated carbocycles. The molecular weight excluding hydrogens is 296 g/mol. The standard InChI is InChI=1S/C13H22N2O3S2/c1-10(2)14-7-12-6-13(19-9-12)20(16,17)15-4-5-18-8-11(15)3/h6,9-11,14H,4-5,7-8H2,1-3H3. The third-order valence-corrected chi connectivity index (χ3v) is 6.69. The van der Waals surface area contributed by atoms with Crippen molar-refractivity contribution >= 4 is 21.4 Å². The van der Waals surface area contributed by atoms with Crippen molar-refractivity contribution in [3.8, 4) is 0 Å². The first-order chi connectivity index (χ1) is 9.41. The van der Waals surface area contributed by atoms with E-state index >= 15 is 0 Å². The first-order valence-corrected chi connectivity index (χ1v) is 9.13. The zero-order chi connectivity index (χ0) is 14.8. The van der Waals surface area contributed by atoms with Crippen molar-refractivity contribution in [2.75, 3.05) is 19.8 Å². The molecule has 114 valence electrons. The third-order valence-electron chi connectivity index (χ3n) is 3.21. The second-order valence-corrected chi connectivity index (χ2v) is 8.38. The fraction of sp³-hybridized carbons (Fsp3) is 0.692. The summed E-state index contributed by atoms with van der Waals surface area (Å²) in [7, 11) is -3.38. The lowest BCUT2D eigenvalue weighted by Gasteiger charge is -2.31. The second-order valence-electron chi connectivity index (χ2n) is 5.35. The fourth-order valence-corrected chi connectivity index (χ4v) is 5.02. The van der Waals surface area contributed by atoms with Gasteiger partial charge in [0.25, 0.3) is 10.0 Å². The number of thiophene rings is 1. The molecule has 1 aromatic rings. The molecule has 20 heavy (non-hydrogen) atoms. The predicted molar refractivity (Wildman–Crippen MR) is 80.5 cm³/mol. The van der Waals surface area contributed by atoms with Gasteiger partial charge >= 0.3 is 0 Å². The highest BCUT2D eigenvalue weighted by molar-refractivity contribution is 7.91. The zero-order valence-electron chi connectivity index (χ0n) is 12.1. The molecule has 0 amide bonds. The molecule has 0 radical (unpaired) electrons. The number of hydrogen-bond donors (Lipinski definition) is 1. The van der Waals surface area contributed by atoms with Gasteiger partial charge in [0, 0.05) is 25.2 Å². The van der Waals surface area contributed by atoms with Crippen molar-refractivity contribution in [3.63, 3.8) is 0 Å². The topological polar surface area (TPSA) is 58.6 Å². The van der Waals surface area contributed by atoms with Crippen LogP contribution < -0.4 is 5.32 Å². The molecule has 1 aliphatic heterocycles. The van der Waals surface area contributed by atoms with Gasteiger partial charge in [-0.05, 0) is 23.9 Å². The Labute approximate surface area is 125 Å². The number of hydrogen-bond acceptors (Lipinski definition) is 5. The van der Waals surface area contributed by atoms with E-state index in [4.69, 9.17) is 4.74 Å². The smallest absolute Gasteiger partial charge is 0.252 e. The number of nitrogens with zero attached hydrogens (tertiary/aromatic N) is 1. The molecule has 0 aromatic carbocycles. The Morgan fingerprint density at radius 3 is 2.95 bits per heavy atom. The van der Waals surface area contributed by atoms with Crippen LogP contribution in [0.4, 0.5) is 0 Å². The quantitative estimate of drug-likeness (QED) is 0.897. The number of ether oxygens (including phenoxy) is 1. The van der Waals surface area contributed by atoms with Gasteiger partial charge in [-0.25, -0.2) is 8.42 Å². The van der Waals surface area contributed by atoms with Crippen molar-refractivity contribution in [1.29, 1.82) is 0 Å². The van der Waals surface area contributed by atoms with Gasteiger partial charge in [-0.2, -0.15) is 4.31 Å². The second kappa shape index (κ2) is 6.53. The minimum atomic E-state index is -3.38. The van der Waals surface area contributed by atoms with E-state index in [-0.39, 0.29) is 6.04 Å². The van der Waals surface area contributed by atoms with Gasteiger partial charge in [-0.15, -0.1) is 11.3 Å². The maximum absolute atomic E-state index is 12.6. The Hall–Kier alpha value is -0.470. The summed E-state index contributed by atoms with van der Waals surface area (Å²) >= 11 is 1.29. The Bertz CT molecular complexity index is 540. The molecule has 1 saturated heterocycles. The molecule has 1 aliphatic rings. The summed E-state index contributed by atoms with van der Waals surface area (Å²) in [6, 6.07) is 2.06. The molecule has 7 heteroatoms. The van der Waals surface area contributed by atoms with E-state index in [2.05, 4.69) is 19.2 Å². The Balaban J connectivity index is 2.13. The van der Waals surface area contributed by atoms with Crippen LogP contribution in [0, 0.1) is 0 Å². The molecule has 1 fully saturated rings. The summed E-state index contributed by atoms with van der Waals surface area (Å²) in [5.74, 6) is 0. The average molecular weight is 318 g/mol. The van der Waals surface area contributed by atoms with E-state index in [0.29, 0.717) is 36.6 Å². The first-order valence-electron chi connectivity index (χ1n) is 6.81. The van der Waals surface area contributed by atoms with Crippen LogP contribution >= 0.6 is 11.3 Å². The molecule has 1 aromatic heterocycles. The highest BCUT2D eigenvalue weighted by Crippen LogP contribution is 2.26. The van der Waals surface area contributed by atoms with Gasteiger partial charge < -0.3 is 10.1 Å². The van der Waals surface area contributed by atoms with Crippen molar-refractivity contribution in [2.45, 2.75) is 43.6 Å². The third kappa shape index (κ3) is 3.59. The van der Waals surface area contributed by atoms with Gasteiger partial charge in [-0.3, -0.25) is 0 Å². The Kier molecular flexibility index (Phi) is 5.19. The van der Waals surface area contributed by atoms with Gasteiger partial charge in [0.15, 0.2) is 0 Å². The molecule has 0 spiro atoms. The Morgan fingerprint density at radius 1 is 1.55 bits per heavy atom. The molecule has 5 nitrogen and oxygen atoms in total. The van der Waals surface area contributed by atoms with Crippen LogP contribution in [0.3, 0.4) is 0 Å². The summed E-state index contributed by atoms with van der Waals surface area (Å²) in [4.78, 5) is 0. The molecule has 0 bridgehead atoms. The van der Waals surface area contributed by atoms with Crippen molar-refractivity contribution < 1.29 is 13.2 Å². The van der Waals surface area contributed by atoms with Crippen LogP contribution in [-0.2, 0) is 21.3 Å². The molecule has 2 heterocycles. The zero-order valence-corrected chi connectivity index (χ0v) is 13.8. The monoisotopic (exact) mass is 318 g/mol. The summed E-state index contributed by atoms with van der Waals surface area (Å²) in [5, 5.41) is 5.20. The summed E-state index contributed by atoms with van der Waals surface area (Å²) < 4.78 is 32.5. The summed E-state index contributed by atoms with van der Waals surface area (Å²) in [6.45, 7) is 8.08. The fourth-order valence-electron chi connectivity index (χ4n) is 2.09. The lowest BCUT2D eigenvalue weighted by atomic mass is 10.3. The van der Waals surface area contributed by atoms with Crippen LogP contribution in [0.1, 0.15) is 26.3 Å². The van der Waals surface area contributed by atoms with Gasteiger partial charge in [0.1, 0.15) is 4.21 Å². The summed E-state index contributed by atoms with van der Waals surface area (Å²) in [6.07, 6.45) is 0. The SMILES string of the molecule is CC(C)NCc1csc(S(=O)(=O)N2CCOCC2C)c1. The first kappa shape index (κ1) is 15.9. The van der Waals surface area contributed by atoms with E-state index in [1.165, 1.54) is 11.3 Å². The van der Waals surface area contributed by atoms with Gasteiger partial charge in [0.2, 0.25) is 0 Å². The molecule has 1 N–H and O–H groups in total. The predicted octanol–water partition coefficient (Wildman–Crippen LogP) is 1.66. The number of rotatable bonds is 5. The molecule has 1 atom stereocenters. The van der Waals surface area contributed by atoms with E-state index in [1.807, 2.05) is 12.3 Å². The lowest BCUT2D eigenvalue weighted by molar-refractivity contribution is 0.0393. The van der Waals surface area contributed by atoms with Gasteiger partial charge in [0.05, 0.1) is 13.2 Å². The highest BCUT2D eigenvalue weighted by Gasteiger charge is 2.32. The van der Waals surface area contributed by atoms with Crippen molar-refractivity contribution in [2.24, 2.45) is 0 Å². The molecule has 1 unspecified atom stereocenters. The van der Waals surface area contributed by atoms with Crippen LogP contribution in [0.5, 0.6) is 0 Å². The maximum Gasteiger partial charge on any atom is 0.252 e. The van der Waals surface area contributed by atoms with Crippen molar-refractivity contribution in [1.82, 2.24) is 9.62 Å². The van der Waals surface area contributed by atoms with E-state index in [1.54, 1.807) is 10.4 Å².